The monoisotopic (exact) mass is 204 g/mol. The van der Waals surface area contributed by atoms with Crippen LogP contribution in [0.2, 0.25) is 0 Å². The van der Waals surface area contributed by atoms with Crippen LogP contribution in [-0.2, 0) is 0 Å². The first-order chi connectivity index (χ1) is 4.57. The van der Waals surface area contributed by atoms with E-state index in [-0.39, 0.29) is 0 Å². The summed E-state index contributed by atoms with van der Waals surface area (Å²) in [6.45, 7) is 8.76. The van der Waals surface area contributed by atoms with Gasteiger partial charge in [0.1, 0.15) is 5.83 Å². The maximum Gasteiger partial charge on any atom is 0.117 e. The third-order valence-electron chi connectivity index (χ3n) is 1.05. The molecule has 0 amide bonds. The van der Waals surface area contributed by atoms with Gasteiger partial charge >= 0.3 is 0 Å². The van der Waals surface area contributed by atoms with Gasteiger partial charge in [-0.25, -0.2) is 4.39 Å². The second kappa shape index (κ2) is 4.45. The lowest BCUT2D eigenvalue weighted by atomic mass is 10.2. The van der Waals surface area contributed by atoms with Crippen LogP contribution in [0.15, 0.2) is 35.1 Å². The molecule has 10 heavy (non-hydrogen) atoms. The number of hydrogen-bond acceptors (Lipinski definition) is 0. The van der Waals surface area contributed by atoms with Crippen LogP contribution >= 0.6 is 15.9 Å². The quantitative estimate of drug-likeness (QED) is 0.616. The maximum atomic E-state index is 12.1. The Morgan fingerprint density at radius 3 is 2.40 bits per heavy atom. The summed E-state index contributed by atoms with van der Waals surface area (Å²) < 4.78 is 12.8. The number of allylic oxidation sites excluding steroid dienone is 4. The smallest absolute Gasteiger partial charge is 0.117 e. The van der Waals surface area contributed by atoms with Gasteiger partial charge in [-0.05, 0) is 18.1 Å². The zero-order valence-electron chi connectivity index (χ0n) is 5.95. The van der Waals surface area contributed by atoms with E-state index in [1.54, 1.807) is 0 Å². The summed E-state index contributed by atoms with van der Waals surface area (Å²) in [6.07, 6.45) is 2.12. The van der Waals surface area contributed by atoms with Gasteiger partial charge < -0.3 is 0 Å². The zero-order valence-corrected chi connectivity index (χ0v) is 7.54. The summed E-state index contributed by atoms with van der Waals surface area (Å²) in [4.78, 5) is 0. The topological polar surface area (TPSA) is 0 Å². The molecule has 0 spiro atoms. The van der Waals surface area contributed by atoms with Crippen molar-refractivity contribution in [1.29, 1.82) is 0 Å². The van der Waals surface area contributed by atoms with Crippen molar-refractivity contribution in [2.24, 2.45) is 0 Å². The fourth-order valence-corrected chi connectivity index (χ4v) is 0.937. The molecule has 0 saturated carbocycles. The third-order valence-corrected chi connectivity index (χ3v) is 1.84. The summed E-state index contributed by atoms with van der Waals surface area (Å²) in [6, 6.07) is 0. The molecule has 0 aliphatic heterocycles. The standard InChI is InChI=1S/C8H10BrF/c1-4-6(2)8(9)5-7(3)10/h5H,2-4H2,1H3/b8-5+. The second-order valence-electron chi connectivity index (χ2n) is 1.90. The van der Waals surface area contributed by atoms with Crippen molar-refractivity contribution in [2.45, 2.75) is 13.3 Å². The SMILES string of the molecule is C=C(F)/C=C(/Br)C(=C)CC. The molecule has 0 aromatic heterocycles. The minimum absolute atomic E-state index is 0.457. The van der Waals surface area contributed by atoms with Gasteiger partial charge in [0.25, 0.3) is 0 Å². The molecule has 0 atom stereocenters. The highest BCUT2D eigenvalue weighted by atomic mass is 79.9. The Bertz CT molecular complexity index is 180. The summed E-state index contributed by atoms with van der Waals surface area (Å²) in [7, 11) is 0. The van der Waals surface area contributed by atoms with Gasteiger partial charge in [0.05, 0.1) is 0 Å². The molecule has 0 saturated heterocycles. The molecule has 56 valence electrons. The van der Waals surface area contributed by atoms with Crippen LogP contribution in [0.25, 0.3) is 0 Å². The molecule has 0 unspecified atom stereocenters. The highest BCUT2D eigenvalue weighted by molar-refractivity contribution is 9.12. The predicted octanol–water partition coefficient (Wildman–Crippen LogP) is 3.71. The number of halogens is 2. The van der Waals surface area contributed by atoms with Gasteiger partial charge in [-0.2, -0.15) is 0 Å². The van der Waals surface area contributed by atoms with Crippen molar-refractivity contribution in [3.8, 4) is 0 Å². The van der Waals surface area contributed by atoms with Crippen LogP contribution in [0.1, 0.15) is 13.3 Å². The summed E-state index contributed by atoms with van der Waals surface area (Å²) in [5.74, 6) is -0.457. The molecule has 2 heteroatoms. The minimum Gasteiger partial charge on any atom is -0.208 e. The number of hydrogen-bond donors (Lipinski definition) is 0. The lowest BCUT2D eigenvalue weighted by Gasteiger charge is -1.97. The Morgan fingerprint density at radius 2 is 2.10 bits per heavy atom. The Hall–Kier alpha value is -0.370. The molecular formula is C8H10BrF. The predicted molar refractivity (Wildman–Crippen MR) is 46.7 cm³/mol. The molecule has 0 bridgehead atoms. The summed E-state index contributed by atoms with van der Waals surface area (Å²) in [5, 5.41) is 0. The summed E-state index contributed by atoms with van der Waals surface area (Å²) >= 11 is 3.16. The van der Waals surface area contributed by atoms with E-state index in [2.05, 4.69) is 29.1 Å². The Morgan fingerprint density at radius 1 is 1.60 bits per heavy atom. The Kier molecular flexibility index (Phi) is 4.28. The van der Waals surface area contributed by atoms with Gasteiger partial charge in [0.2, 0.25) is 0 Å². The first-order valence-corrected chi connectivity index (χ1v) is 3.77. The highest BCUT2D eigenvalue weighted by Crippen LogP contribution is 2.19. The first-order valence-electron chi connectivity index (χ1n) is 2.97. The van der Waals surface area contributed by atoms with Crippen molar-refractivity contribution >= 4 is 15.9 Å². The van der Waals surface area contributed by atoms with E-state index in [9.17, 15) is 4.39 Å². The van der Waals surface area contributed by atoms with Gasteiger partial charge in [0.15, 0.2) is 0 Å². The second-order valence-corrected chi connectivity index (χ2v) is 2.75. The van der Waals surface area contributed by atoms with Crippen molar-refractivity contribution < 1.29 is 4.39 Å². The molecule has 0 aromatic carbocycles. The van der Waals surface area contributed by atoms with Crippen molar-refractivity contribution in [3.63, 3.8) is 0 Å². The van der Waals surface area contributed by atoms with Crippen molar-refractivity contribution in [3.05, 3.63) is 35.1 Å². The normalized spacial score (nSPS) is 11.3. The van der Waals surface area contributed by atoms with E-state index in [1.165, 1.54) is 6.08 Å². The van der Waals surface area contributed by atoms with E-state index in [1.807, 2.05) is 6.92 Å². The molecule has 0 N–H and O–H groups in total. The molecule has 0 rings (SSSR count). The van der Waals surface area contributed by atoms with Gasteiger partial charge in [-0.15, -0.1) is 0 Å². The molecule has 0 aliphatic carbocycles. The molecule has 0 heterocycles. The molecule has 0 aromatic rings. The van der Waals surface area contributed by atoms with Crippen molar-refractivity contribution in [2.75, 3.05) is 0 Å². The lowest BCUT2D eigenvalue weighted by molar-refractivity contribution is 0.671. The first kappa shape index (κ1) is 9.63. The molecule has 0 radical (unpaired) electrons. The van der Waals surface area contributed by atoms with Gasteiger partial charge in [-0.3, -0.25) is 0 Å². The highest BCUT2D eigenvalue weighted by Gasteiger charge is 1.95. The fraction of sp³-hybridized carbons (Fsp3) is 0.250. The molecular weight excluding hydrogens is 195 g/mol. The largest absolute Gasteiger partial charge is 0.208 e. The summed E-state index contributed by atoms with van der Waals surface area (Å²) in [5.41, 5.74) is 0.874. The van der Waals surface area contributed by atoms with Gasteiger partial charge in [0, 0.05) is 4.48 Å². The van der Waals surface area contributed by atoms with E-state index in [0.29, 0.717) is 4.48 Å². The van der Waals surface area contributed by atoms with Crippen LogP contribution in [0.5, 0.6) is 0 Å². The average molecular weight is 205 g/mol. The molecule has 0 fully saturated rings. The van der Waals surface area contributed by atoms with Gasteiger partial charge in [-0.1, -0.05) is 36.0 Å². The van der Waals surface area contributed by atoms with Crippen molar-refractivity contribution in [1.82, 2.24) is 0 Å². The number of rotatable bonds is 3. The lowest BCUT2D eigenvalue weighted by Crippen LogP contribution is -1.76. The third kappa shape index (κ3) is 3.62. The Balaban J connectivity index is 4.19. The maximum absolute atomic E-state index is 12.1. The zero-order chi connectivity index (χ0) is 8.15. The fourth-order valence-electron chi connectivity index (χ4n) is 0.408. The van der Waals surface area contributed by atoms with E-state index in [4.69, 9.17) is 0 Å². The van der Waals surface area contributed by atoms with Crippen LogP contribution in [0, 0.1) is 0 Å². The van der Waals surface area contributed by atoms with E-state index in [0.717, 1.165) is 12.0 Å². The molecule has 0 aliphatic rings. The van der Waals surface area contributed by atoms with E-state index >= 15 is 0 Å². The van der Waals surface area contributed by atoms with E-state index < -0.39 is 5.83 Å². The van der Waals surface area contributed by atoms with Crippen LogP contribution in [0.3, 0.4) is 0 Å². The van der Waals surface area contributed by atoms with Crippen LogP contribution in [0.4, 0.5) is 4.39 Å². The van der Waals surface area contributed by atoms with Crippen LogP contribution < -0.4 is 0 Å². The molecule has 0 nitrogen and oxygen atoms in total. The van der Waals surface area contributed by atoms with Crippen LogP contribution in [-0.4, -0.2) is 0 Å². The average Bonchev–Trinajstić information content (AvgIpc) is 1.85. The Labute approximate surface area is 69.3 Å². The minimum atomic E-state index is -0.457.